The number of piperidine rings is 3. The first-order valence-corrected chi connectivity index (χ1v) is 14.8. The fourth-order valence-electron chi connectivity index (χ4n) is 7.57. The first-order chi connectivity index (χ1) is 19.6. The molecule has 0 aliphatic carbocycles. The third-order valence-electron chi connectivity index (χ3n) is 10.1. The summed E-state index contributed by atoms with van der Waals surface area (Å²) in [5, 5.41) is 18.0. The summed E-state index contributed by atoms with van der Waals surface area (Å²) in [5.74, 6) is 0. The second-order valence-corrected chi connectivity index (χ2v) is 12.1. The molecule has 0 unspecified atom stereocenters. The molecule has 0 aromatic heterocycles. The molecule has 0 saturated carbocycles. The summed E-state index contributed by atoms with van der Waals surface area (Å²) in [6.45, 7) is 5.79. The van der Waals surface area contributed by atoms with Crippen LogP contribution in [0.1, 0.15) is 36.0 Å². The summed E-state index contributed by atoms with van der Waals surface area (Å²) in [4.78, 5) is 0. The van der Waals surface area contributed by atoms with Crippen LogP contribution in [0.25, 0.3) is 21.5 Å². The second kappa shape index (κ2) is 10.2. The van der Waals surface area contributed by atoms with E-state index in [0.29, 0.717) is 6.61 Å². The van der Waals surface area contributed by atoms with Crippen molar-refractivity contribution in [3.8, 4) is 0 Å². The van der Waals surface area contributed by atoms with Gasteiger partial charge >= 0.3 is 0 Å². The van der Waals surface area contributed by atoms with Crippen LogP contribution in [0, 0.1) is 5.41 Å². The molecular formula is C37H38NO2+. The van der Waals surface area contributed by atoms with Crippen LogP contribution < -0.4 is 0 Å². The van der Waals surface area contributed by atoms with Gasteiger partial charge in [-0.2, -0.15) is 0 Å². The normalized spacial score (nSPS) is 22.6. The summed E-state index contributed by atoms with van der Waals surface area (Å²) in [6.07, 6.45) is 3.05. The van der Waals surface area contributed by atoms with Gasteiger partial charge in [0.2, 0.25) is 0 Å². The number of hydrogen-bond acceptors (Lipinski definition) is 2. The number of rotatable bonds is 8. The van der Waals surface area contributed by atoms with E-state index < -0.39 is 5.60 Å². The van der Waals surface area contributed by atoms with E-state index in [-0.39, 0.29) is 5.41 Å². The number of benzene rings is 5. The Kier molecular flexibility index (Phi) is 6.47. The molecule has 40 heavy (non-hydrogen) atoms. The highest BCUT2D eigenvalue weighted by molar-refractivity contribution is 5.85. The monoisotopic (exact) mass is 528 g/mol. The summed E-state index contributed by atoms with van der Waals surface area (Å²) >= 11 is 0. The molecule has 0 radical (unpaired) electrons. The maximum Gasteiger partial charge on any atom is 0.121 e. The molecule has 202 valence electrons. The van der Waals surface area contributed by atoms with Crippen molar-refractivity contribution >= 4 is 21.5 Å². The lowest BCUT2D eigenvalue weighted by Gasteiger charge is -2.60. The number of ether oxygens (including phenoxy) is 1. The van der Waals surface area contributed by atoms with Crippen LogP contribution in [0.3, 0.4) is 0 Å². The molecular weight excluding hydrogens is 490 g/mol. The molecule has 3 nitrogen and oxygen atoms in total. The van der Waals surface area contributed by atoms with Gasteiger partial charge in [-0.05, 0) is 50.4 Å². The summed E-state index contributed by atoms with van der Waals surface area (Å²) in [5.41, 5.74) is 2.03. The van der Waals surface area contributed by atoms with E-state index in [2.05, 4.69) is 109 Å². The fourth-order valence-corrected chi connectivity index (χ4v) is 7.57. The summed E-state index contributed by atoms with van der Waals surface area (Å²) in [7, 11) is 0. The van der Waals surface area contributed by atoms with Gasteiger partial charge in [0.15, 0.2) is 0 Å². The molecule has 3 saturated heterocycles. The lowest BCUT2D eigenvalue weighted by Crippen LogP contribution is -2.67. The minimum absolute atomic E-state index is 0.192. The fraction of sp³-hybridized carbons (Fsp3) is 0.297. The van der Waals surface area contributed by atoms with Crippen molar-refractivity contribution in [2.75, 3.05) is 32.8 Å². The Bertz CT molecular complexity index is 1540. The van der Waals surface area contributed by atoms with Crippen LogP contribution in [-0.2, 0) is 16.9 Å². The van der Waals surface area contributed by atoms with E-state index >= 15 is 0 Å². The van der Waals surface area contributed by atoms with Crippen molar-refractivity contribution in [1.82, 2.24) is 0 Å². The molecule has 0 atom stereocenters. The smallest absolute Gasteiger partial charge is 0.121 e. The Morgan fingerprint density at radius 1 is 0.625 bits per heavy atom. The average Bonchev–Trinajstić information content (AvgIpc) is 3.03. The number of quaternary nitrogens is 1. The lowest BCUT2D eigenvalue weighted by molar-refractivity contribution is -0.946. The number of hydrogen-bond donors (Lipinski definition) is 1. The van der Waals surface area contributed by atoms with E-state index in [1.54, 1.807) is 0 Å². The van der Waals surface area contributed by atoms with E-state index in [1.165, 1.54) is 27.1 Å². The lowest BCUT2D eigenvalue weighted by atomic mass is 9.56. The second-order valence-electron chi connectivity index (χ2n) is 12.1. The Hall–Kier alpha value is -3.50. The van der Waals surface area contributed by atoms with Gasteiger partial charge < -0.3 is 14.3 Å². The van der Waals surface area contributed by atoms with E-state index in [0.717, 1.165) is 67.7 Å². The third kappa shape index (κ3) is 4.34. The minimum Gasteiger partial charge on any atom is -0.380 e. The summed E-state index contributed by atoms with van der Waals surface area (Å²) < 4.78 is 7.23. The molecule has 3 aliphatic heterocycles. The van der Waals surface area contributed by atoms with Gasteiger partial charge in [0.1, 0.15) is 12.1 Å². The van der Waals surface area contributed by atoms with E-state index in [9.17, 15) is 5.11 Å². The van der Waals surface area contributed by atoms with Gasteiger partial charge in [-0.3, -0.25) is 0 Å². The maximum absolute atomic E-state index is 13.2. The van der Waals surface area contributed by atoms with Gasteiger partial charge in [0, 0.05) is 24.7 Å². The molecule has 3 aliphatic rings. The largest absolute Gasteiger partial charge is 0.380 e. The van der Waals surface area contributed by atoms with Crippen LogP contribution in [0.2, 0.25) is 0 Å². The van der Waals surface area contributed by atoms with Crippen molar-refractivity contribution in [3.63, 3.8) is 0 Å². The number of fused-ring (bicyclic) bond motifs is 5. The Balaban J connectivity index is 1.19. The van der Waals surface area contributed by atoms with Crippen molar-refractivity contribution in [1.29, 1.82) is 0 Å². The standard InChI is InChI=1S/C37H38NO2/c39-37(34-16-14-30-10-4-6-12-32(30)26-34,35-17-15-31-11-5-7-13-33(31)27-35)36-18-21-38(22-19-36,23-20-36)24-25-40-28-29-8-2-1-3-9-29/h1-17,26-27,39H,18-25,28H2/q+1. The van der Waals surface area contributed by atoms with Gasteiger partial charge in [0.05, 0.1) is 32.8 Å². The topological polar surface area (TPSA) is 29.5 Å². The van der Waals surface area contributed by atoms with E-state index in [1.807, 2.05) is 6.07 Å². The predicted octanol–water partition coefficient (Wildman–Crippen LogP) is 7.45. The molecule has 3 fully saturated rings. The minimum atomic E-state index is -1.05. The molecule has 0 amide bonds. The summed E-state index contributed by atoms with van der Waals surface area (Å²) in [6, 6.07) is 40.6. The van der Waals surface area contributed by atoms with Crippen molar-refractivity contribution in [2.45, 2.75) is 31.5 Å². The maximum atomic E-state index is 13.2. The molecule has 3 heteroatoms. The zero-order chi connectivity index (χ0) is 27.0. The molecule has 1 N–H and O–H groups in total. The van der Waals surface area contributed by atoms with Crippen LogP contribution in [0.5, 0.6) is 0 Å². The zero-order valence-corrected chi connectivity index (χ0v) is 23.1. The van der Waals surface area contributed by atoms with Crippen LogP contribution in [-0.4, -0.2) is 42.4 Å². The number of aliphatic hydroxyl groups is 1. The quantitative estimate of drug-likeness (QED) is 0.167. The molecule has 8 rings (SSSR count). The zero-order valence-electron chi connectivity index (χ0n) is 23.1. The highest BCUT2D eigenvalue weighted by Crippen LogP contribution is 2.57. The first kappa shape index (κ1) is 25.5. The van der Waals surface area contributed by atoms with Crippen molar-refractivity contribution < 1.29 is 14.3 Å². The van der Waals surface area contributed by atoms with Crippen molar-refractivity contribution in [3.05, 3.63) is 132 Å². The molecule has 3 heterocycles. The third-order valence-corrected chi connectivity index (χ3v) is 10.1. The highest BCUT2D eigenvalue weighted by atomic mass is 16.5. The molecule has 0 spiro atoms. The van der Waals surface area contributed by atoms with Gasteiger partial charge in [0.25, 0.3) is 0 Å². The molecule has 5 aromatic rings. The average molecular weight is 529 g/mol. The number of nitrogens with zero attached hydrogens (tertiary/aromatic N) is 1. The Morgan fingerprint density at radius 3 is 1.68 bits per heavy atom. The van der Waals surface area contributed by atoms with Gasteiger partial charge in [-0.15, -0.1) is 0 Å². The first-order valence-electron chi connectivity index (χ1n) is 14.8. The molecule has 5 aromatic carbocycles. The van der Waals surface area contributed by atoms with Crippen LogP contribution >= 0.6 is 0 Å². The predicted molar refractivity (Wildman–Crippen MR) is 163 cm³/mol. The SMILES string of the molecule is OC(c1ccc2ccccc2c1)(c1ccc2ccccc2c1)C12CC[N+](CCOCc3ccccc3)(CC1)CC2. The van der Waals surface area contributed by atoms with Gasteiger partial charge in [-0.25, -0.2) is 0 Å². The van der Waals surface area contributed by atoms with Gasteiger partial charge in [-0.1, -0.05) is 103 Å². The Morgan fingerprint density at radius 2 is 1.12 bits per heavy atom. The highest BCUT2D eigenvalue weighted by Gasteiger charge is 2.60. The van der Waals surface area contributed by atoms with Crippen LogP contribution in [0.4, 0.5) is 0 Å². The Labute approximate surface area is 237 Å². The van der Waals surface area contributed by atoms with Crippen LogP contribution in [0.15, 0.2) is 115 Å². The van der Waals surface area contributed by atoms with E-state index in [4.69, 9.17) is 4.74 Å². The molecule has 2 bridgehead atoms. The van der Waals surface area contributed by atoms with Crippen molar-refractivity contribution in [2.24, 2.45) is 5.41 Å².